The highest BCUT2D eigenvalue weighted by Crippen LogP contribution is 2.30. The number of piperidine rings is 1. The number of nitrogens with zero attached hydrogens (tertiary/aromatic N) is 4. The van der Waals surface area contributed by atoms with Gasteiger partial charge in [-0.25, -0.2) is 0 Å². The molecule has 0 bridgehead atoms. The molecule has 1 aliphatic rings. The second kappa shape index (κ2) is 5.12. The molecule has 6 heteroatoms. The molecule has 114 valence electrons. The van der Waals surface area contributed by atoms with E-state index in [-0.39, 0.29) is 5.92 Å². The third-order valence-electron chi connectivity index (χ3n) is 4.13. The van der Waals surface area contributed by atoms with Crippen LogP contribution in [0.25, 0.3) is 11.1 Å². The van der Waals surface area contributed by atoms with Crippen LogP contribution in [-0.4, -0.2) is 28.2 Å². The highest BCUT2D eigenvalue weighted by molar-refractivity contribution is 5.75. The van der Waals surface area contributed by atoms with Gasteiger partial charge in [0.2, 0.25) is 5.89 Å². The smallest absolute Gasteiger partial charge is 0.298 e. The summed E-state index contributed by atoms with van der Waals surface area (Å²) in [4.78, 5) is 11.2. The Morgan fingerprint density at radius 2 is 2.14 bits per heavy atom. The van der Waals surface area contributed by atoms with Crippen LogP contribution < -0.4 is 4.90 Å². The van der Waals surface area contributed by atoms with Gasteiger partial charge in [-0.15, -0.1) is 0 Å². The van der Waals surface area contributed by atoms with E-state index in [4.69, 9.17) is 8.94 Å². The zero-order valence-electron chi connectivity index (χ0n) is 12.7. The van der Waals surface area contributed by atoms with Gasteiger partial charge >= 0.3 is 0 Å². The topological polar surface area (TPSA) is 68.2 Å². The van der Waals surface area contributed by atoms with E-state index in [0.29, 0.717) is 11.9 Å². The van der Waals surface area contributed by atoms with Crippen LogP contribution in [-0.2, 0) is 0 Å². The van der Waals surface area contributed by atoms with Gasteiger partial charge in [0, 0.05) is 25.9 Å². The molecule has 6 nitrogen and oxygen atoms in total. The van der Waals surface area contributed by atoms with Crippen molar-refractivity contribution in [1.29, 1.82) is 0 Å². The first-order valence-electron chi connectivity index (χ1n) is 7.61. The van der Waals surface area contributed by atoms with E-state index in [2.05, 4.69) is 26.9 Å². The summed E-state index contributed by atoms with van der Waals surface area (Å²) in [5.41, 5.74) is 2.93. The van der Waals surface area contributed by atoms with Crippen molar-refractivity contribution in [2.45, 2.75) is 32.6 Å². The number of hydrogen-bond acceptors (Lipinski definition) is 6. The number of oxazole rings is 1. The third kappa shape index (κ3) is 2.34. The van der Waals surface area contributed by atoms with Crippen molar-refractivity contribution in [2.75, 3.05) is 18.0 Å². The fourth-order valence-electron chi connectivity index (χ4n) is 3.00. The van der Waals surface area contributed by atoms with Crippen molar-refractivity contribution < 1.29 is 8.94 Å². The Balaban J connectivity index is 1.60. The van der Waals surface area contributed by atoms with E-state index in [1.165, 1.54) is 5.56 Å². The molecule has 1 aromatic carbocycles. The van der Waals surface area contributed by atoms with Gasteiger partial charge in [0.15, 0.2) is 11.4 Å². The summed E-state index contributed by atoms with van der Waals surface area (Å²) in [6, 6.07) is 6.75. The Bertz CT molecular complexity index is 807. The Labute approximate surface area is 128 Å². The fraction of sp³-hybridized carbons (Fsp3) is 0.438. The van der Waals surface area contributed by atoms with Gasteiger partial charge in [-0.2, -0.15) is 9.97 Å². The molecule has 0 aliphatic carbocycles. The Hall–Kier alpha value is -2.37. The molecule has 1 aliphatic heterocycles. The van der Waals surface area contributed by atoms with Crippen molar-refractivity contribution in [2.24, 2.45) is 0 Å². The average molecular weight is 298 g/mol. The molecule has 4 rings (SSSR count). The van der Waals surface area contributed by atoms with Crippen LogP contribution >= 0.6 is 0 Å². The molecular weight excluding hydrogens is 280 g/mol. The second-order valence-electron chi connectivity index (χ2n) is 5.92. The fourth-order valence-corrected chi connectivity index (χ4v) is 3.00. The lowest BCUT2D eigenvalue weighted by Gasteiger charge is -2.29. The molecule has 0 N–H and O–H groups in total. The molecule has 3 aromatic rings. The van der Waals surface area contributed by atoms with Gasteiger partial charge < -0.3 is 13.8 Å². The molecule has 1 fully saturated rings. The summed E-state index contributed by atoms with van der Waals surface area (Å²) in [6.45, 7) is 5.63. The van der Waals surface area contributed by atoms with E-state index >= 15 is 0 Å². The first-order valence-corrected chi connectivity index (χ1v) is 7.61. The molecule has 0 amide bonds. The Morgan fingerprint density at radius 1 is 1.23 bits per heavy atom. The minimum Gasteiger partial charge on any atom is -0.423 e. The van der Waals surface area contributed by atoms with Gasteiger partial charge in [-0.3, -0.25) is 0 Å². The van der Waals surface area contributed by atoms with Crippen LogP contribution in [0.1, 0.15) is 36.0 Å². The number of aromatic nitrogens is 3. The number of rotatable bonds is 2. The summed E-state index contributed by atoms with van der Waals surface area (Å²) in [5, 5.41) is 4.06. The zero-order chi connectivity index (χ0) is 15.1. The molecule has 22 heavy (non-hydrogen) atoms. The quantitative estimate of drug-likeness (QED) is 0.723. The lowest BCUT2D eigenvalue weighted by molar-refractivity contribution is 0.375. The summed E-state index contributed by atoms with van der Waals surface area (Å²) < 4.78 is 11.0. The normalized spacial score (nSPS) is 19.0. The highest BCUT2D eigenvalue weighted by Gasteiger charge is 2.27. The Kier molecular flexibility index (Phi) is 3.10. The number of aryl methyl sites for hydroxylation is 2. The SMILES string of the molecule is Cc1ccc2oc(N3CCC[C@@H](c4noc(C)n4)C3)nc2c1. The summed E-state index contributed by atoms with van der Waals surface area (Å²) in [6.07, 6.45) is 2.13. The molecule has 1 atom stereocenters. The van der Waals surface area contributed by atoms with Crippen LogP contribution in [0, 0.1) is 13.8 Å². The van der Waals surface area contributed by atoms with Crippen molar-refractivity contribution in [3.05, 3.63) is 35.5 Å². The number of hydrogen-bond donors (Lipinski definition) is 0. The lowest BCUT2D eigenvalue weighted by atomic mass is 9.98. The molecule has 0 spiro atoms. The zero-order valence-corrected chi connectivity index (χ0v) is 12.7. The third-order valence-corrected chi connectivity index (χ3v) is 4.13. The van der Waals surface area contributed by atoms with Gasteiger partial charge in [-0.05, 0) is 37.5 Å². The largest absolute Gasteiger partial charge is 0.423 e. The molecule has 0 radical (unpaired) electrons. The standard InChI is InChI=1S/C16H18N4O2/c1-10-5-6-14-13(8-10)18-16(21-14)20-7-3-4-12(9-20)15-17-11(2)22-19-15/h5-6,8,12H,3-4,7,9H2,1-2H3/t12-/m1/s1. The van der Waals surface area contributed by atoms with E-state index < -0.39 is 0 Å². The molecule has 3 heterocycles. The van der Waals surface area contributed by atoms with Crippen molar-refractivity contribution >= 4 is 17.1 Å². The predicted molar refractivity (Wildman–Crippen MR) is 82.0 cm³/mol. The second-order valence-corrected chi connectivity index (χ2v) is 5.92. The summed E-state index contributed by atoms with van der Waals surface area (Å²) in [5.74, 6) is 1.67. The molecule has 2 aromatic heterocycles. The predicted octanol–water partition coefficient (Wildman–Crippen LogP) is 3.21. The monoisotopic (exact) mass is 298 g/mol. The minimum atomic E-state index is 0.267. The van der Waals surface area contributed by atoms with Crippen LogP contribution in [0.5, 0.6) is 0 Å². The molecular formula is C16H18N4O2. The number of benzene rings is 1. The maximum absolute atomic E-state index is 5.90. The van der Waals surface area contributed by atoms with E-state index in [9.17, 15) is 0 Å². The van der Waals surface area contributed by atoms with Gasteiger partial charge in [-0.1, -0.05) is 11.2 Å². The Morgan fingerprint density at radius 3 is 2.95 bits per heavy atom. The maximum Gasteiger partial charge on any atom is 0.298 e. The van der Waals surface area contributed by atoms with E-state index in [1.807, 2.05) is 25.1 Å². The van der Waals surface area contributed by atoms with Crippen molar-refractivity contribution in [1.82, 2.24) is 15.1 Å². The minimum absolute atomic E-state index is 0.267. The molecule has 1 saturated heterocycles. The first kappa shape index (κ1) is 13.3. The van der Waals surface area contributed by atoms with Crippen molar-refractivity contribution in [3.63, 3.8) is 0 Å². The van der Waals surface area contributed by atoms with Gasteiger partial charge in [0.25, 0.3) is 6.01 Å². The van der Waals surface area contributed by atoms with Gasteiger partial charge in [0.1, 0.15) is 5.52 Å². The van der Waals surface area contributed by atoms with Crippen molar-refractivity contribution in [3.8, 4) is 0 Å². The van der Waals surface area contributed by atoms with E-state index in [1.54, 1.807) is 0 Å². The highest BCUT2D eigenvalue weighted by atomic mass is 16.5. The van der Waals surface area contributed by atoms with Crippen LogP contribution in [0.2, 0.25) is 0 Å². The maximum atomic E-state index is 5.90. The molecule has 0 unspecified atom stereocenters. The van der Waals surface area contributed by atoms with E-state index in [0.717, 1.165) is 42.9 Å². The lowest BCUT2D eigenvalue weighted by Crippen LogP contribution is -2.34. The van der Waals surface area contributed by atoms with Crippen LogP contribution in [0.4, 0.5) is 6.01 Å². The number of anilines is 1. The average Bonchev–Trinajstić information content (AvgIpc) is 3.13. The van der Waals surface area contributed by atoms with Crippen LogP contribution in [0.15, 0.2) is 27.1 Å². The molecule has 0 saturated carbocycles. The summed E-state index contributed by atoms with van der Waals surface area (Å²) in [7, 11) is 0. The number of fused-ring (bicyclic) bond motifs is 1. The van der Waals surface area contributed by atoms with Crippen LogP contribution in [0.3, 0.4) is 0 Å². The first-order chi connectivity index (χ1) is 10.7. The van der Waals surface area contributed by atoms with Gasteiger partial charge in [0.05, 0.1) is 0 Å². The summed E-state index contributed by atoms with van der Waals surface area (Å²) >= 11 is 0.